The van der Waals surface area contributed by atoms with E-state index >= 15 is 0 Å². The normalized spacial score (nSPS) is 11.0. The van der Waals surface area contributed by atoms with Crippen LogP contribution in [-0.4, -0.2) is 18.0 Å². The zero-order chi connectivity index (χ0) is 18.2. The van der Waals surface area contributed by atoms with E-state index in [-0.39, 0.29) is 17.3 Å². The number of hydrogen-bond donors (Lipinski definition) is 1. The lowest BCUT2D eigenvalue weighted by Gasteiger charge is -2.06. The summed E-state index contributed by atoms with van der Waals surface area (Å²) in [5.41, 5.74) is 1.44. The van der Waals surface area contributed by atoms with Crippen molar-refractivity contribution in [2.24, 2.45) is 0 Å². The van der Waals surface area contributed by atoms with Gasteiger partial charge in [-0.3, -0.25) is 4.79 Å². The molecule has 0 aliphatic carbocycles. The van der Waals surface area contributed by atoms with Crippen molar-refractivity contribution in [3.63, 3.8) is 0 Å². The summed E-state index contributed by atoms with van der Waals surface area (Å²) in [6.07, 6.45) is 5.74. The average Bonchev–Trinajstić information content (AvgIpc) is 2.60. The van der Waals surface area contributed by atoms with E-state index in [1.807, 2.05) is 6.07 Å². The maximum Gasteiger partial charge on any atom is 0.160 e. The third-order valence-corrected chi connectivity index (χ3v) is 4.28. The topological polar surface area (TPSA) is 46.5 Å². The van der Waals surface area contributed by atoms with E-state index in [1.165, 1.54) is 25.3 Å². The number of carbonyl (C=O) groups excluding carboxylic acids is 1. The number of ketones is 1. The Morgan fingerprint density at radius 1 is 1.24 bits per heavy atom. The maximum absolute atomic E-state index is 13.6. The predicted molar refractivity (Wildman–Crippen MR) is 100 cm³/mol. The fraction of sp³-hybridized carbons (Fsp3) is 0.250. The molecular weight excluding hydrogens is 387 g/mol. The molecule has 0 saturated heterocycles. The van der Waals surface area contributed by atoms with Gasteiger partial charge in [-0.2, -0.15) is 0 Å². The zero-order valence-electron chi connectivity index (χ0n) is 14.0. The van der Waals surface area contributed by atoms with E-state index in [4.69, 9.17) is 4.74 Å². The number of phenolic OH excluding ortho intramolecular Hbond substituents is 1. The highest BCUT2D eigenvalue weighted by Crippen LogP contribution is 2.27. The van der Waals surface area contributed by atoms with Crippen LogP contribution < -0.4 is 4.74 Å². The van der Waals surface area contributed by atoms with Crippen molar-refractivity contribution < 1.29 is 19.0 Å². The van der Waals surface area contributed by atoms with Gasteiger partial charge in [0.25, 0.3) is 0 Å². The molecule has 2 aromatic rings. The first kappa shape index (κ1) is 19.2. The SMILES string of the molecule is COc1cc(CCCCC(=O)/C=C/c2cc(Br)ccc2F)ccc1O. The highest BCUT2D eigenvalue weighted by Gasteiger charge is 2.04. The largest absolute Gasteiger partial charge is 0.504 e. The second-order valence-electron chi connectivity index (χ2n) is 5.68. The minimum atomic E-state index is -0.353. The molecule has 3 nitrogen and oxygen atoms in total. The zero-order valence-corrected chi connectivity index (χ0v) is 15.6. The van der Waals surface area contributed by atoms with Crippen LogP contribution in [0.3, 0.4) is 0 Å². The van der Waals surface area contributed by atoms with Crippen molar-refractivity contribution in [1.82, 2.24) is 0 Å². The van der Waals surface area contributed by atoms with Crippen molar-refractivity contribution in [2.75, 3.05) is 7.11 Å². The Hall–Kier alpha value is -2.14. The summed E-state index contributed by atoms with van der Waals surface area (Å²) >= 11 is 3.28. The Morgan fingerprint density at radius 3 is 2.80 bits per heavy atom. The van der Waals surface area contributed by atoms with Crippen molar-refractivity contribution in [3.05, 3.63) is 63.9 Å². The van der Waals surface area contributed by atoms with Crippen LogP contribution in [0.4, 0.5) is 4.39 Å². The van der Waals surface area contributed by atoms with Gasteiger partial charge < -0.3 is 9.84 Å². The van der Waals surface area contributed by atoms with Gasteiger partial charge in [0.1, 0.15) is 5.82 Å². The molecule has 0 unspecified atom stereocenters. The Bertz CT molecular complexity index is 772. The lowest BCUT2D eigenvalue weighted by molar-refractivity contribution is -0.114. The van der Waals surface area contributed by atoms with Gasteiger partial charge in [-0.1, -0.05) is 22.0 Å². The van der Waals surface area contributed by atoms with E-state index in [1.54, 1.807) is 24.3 Å². The lowest BCUT2D eigenvalue weighted by Crippen LogP contribution is -1.94. The van der Waals surface area contributed by atoms with Gasteiger partial charge in [0.2, 0.25) is 0 Å². The molecule has 5 heteroatoms. The first-order valence-corrected chi connectivity index (χ1v) is 8.80. The Kier molecular flexibility index (Phi) is 7.19. The van der Waals surface area contributed by atoms with Gasteiger partial charge in [0.05, 0.1) is 7.11 Å². The number of phenols is 1. The third-order valence-electron chi connectivity index (χ3n) is 3.79. The van der Waals surface area contributed by atoms with Crippen LogP contribution in [-0.2, 0) is 11.2 Å². The monoisotopic (exact) mass is 406 g/mol. The average molecular weight is 407 g/mol. The van der Waals surface area contributed by atoms with Gasteiger partial charge in [0, 0.05) is 16.5 Å². The van der Waals surface area contributed by atoms with E-state index < -0.39 is 0 Å². The number of aryl methyl sites for hydroxylation is 1. The molecule has 0 aliphatic rings. The van der Waals surface area contributed by atoms with Crippen LogP contribution in [0.1, 0.15) is 30.4 Å². The summed E-state index contributed by atoms with van der Waals surface area (Å²) in [6.45, 7) is 0. The minimum absolute atomic E-state index is 0.0253. The fourth-order valence-electron chi connectivity index (χ4n) is 2.41. The number of carbonyl (C=O) groups is 1. The molecule has 0 spiro atoms. The van der Waals surface area contributed by atoms with Crippen molar-refractivity contribution in [3.8, 4) is 11.5 Å². The number of methoxy groups -OCH3 is 1. The van der Waals surface area contributed by atoms with E-state index in [0.717, 1.165) is 29.3 Å². The van der Waals surface area contributed by atoms with Gasteiger partial charge in [-0.15, -0.1) is 0 Å². The molecular formula is C20H20BrFO3. The number of ether oxygens (including phenoxy) is 1. The Labute approximate surface area is 155 Å². The van der Waals surface area contributed by atoms with Crippen LogP contribution in [0.15, 0.2) is 46.9 Å². The molecule has 0 atom stereocenters. The fourth-order valence-corrected chi connectivity index (χ4v) is 2.79. The predicted octanol–water partition coefficient (Wildman–Crippen LogP) is 5.30. The number of benzene rings is 2. The number of rotatable bonds is 8. The van der Waals surface area contributed by atoms with E-state index in [2.05, 4.69) is 15.9 Å². The first-order chi connectivity index (χ1) is 12.0. The molecule has 0 saturated carbocycles. The molecule has 0 fully saturated rings. The third kappa shape index (κ3) is 6.02. The molecule has 2 aromatic carbocycles. The summed E-state index contributed by atoms with van der Waals surface area (Å²) in [4.78, 5) is 11.9. The summed E-state index contributed by atoms with van der Waals surface area (Å²) < 4.78 is 19.4. The molecule has 0 aromatic heterocycles. The molecule has 0 amide bonds. The second-order valence-corrected chi connectivity index (χ2v) is 6.59. The van der Waals surface area contributed by atoms with Crippen LogP contribution in [0.5, 0.6) is 11.5 Å². The molecule has 25 heavy (non-hydrogen) atoms. The van der Waals surface area contributed by atoms with Crippen molar-refractivity contribution in [1.29, 1.82) is 0 Å². The minimum Gasteiger partial charge on any atom is -0.504 e. The van der Waals surface area contributed by atoms with Crippen molar-refractivity contribution >= 4 is 27.8 Å². The van der Waals surface area contributed by atoms with Gasteiger partial charge in [-0.05, 0) is 67.3 Å². The van der Waals surface area contributed by atoms with E-state index in [0.29, 0.717) is 17.7 Å². The van der Waals surface area contributed by atoms with Crippen LogP contribution >= 0.6 is 15.9 Å². The Morgan fingerprint density at radius 2 is 2.04 bits per heavy atom. The molecule has 0 radical (unpaired) electrons. The summed E-state index contributed by atoms with van der Waals surface area (Å²) in [5, 5.41) is 9.56. The summed E-state index contributed by atoms with van der Waals surface area (Å²) in [6, 6.07) is 9.86. The highest BCUT2D eigenvalue weighted by atomic mass is 79.9. The Balaban J connectivity index is 1.79. The number of halogens is 2. The van der Waals surface area contributed by atoms with Gasteiger partial charge in [-0.25, -0.2) is 4.39 Å². The summed E-state index contributed by atoms with van der Waals surface area (Å²) in [7, 11) is 1.51. The molecule has 1 N–H and O–H groups in total. The molecule has 132 valence electrons. The molecule has 0 bridgehead atoms. The van der Waals surface area contributed by atoms with Crippen molar-refractivity contribution in [2.45, 2.75) is 25.7 Å². The highest BCUT2D eigenvalue weighted by molar-refractivity contribution is 9.10. The smallest absolute Gasteiger partial charge is 0.160 e. The number of unbranched alkanes of at least 4 members (excludes halogenated alkanes) is 1. The van der Waals surface area contributed by atoms with Gasteiger partial charge >= 0.3 is 0 Å². The quantitative estimate of drug-likeness (QED) is 0.477. The molecule has 0 aliphatic heterocycles. The second kappa shape index (κ2) is 9.37. The lowest BCUT2D eigenvalue weighted by atomic mass is 10.0. The van der Waals surface area contributed by atoms with Crippen LogP contribution in [0, 0.1) is 5.82 Å². The van der Waals surface area contributed by atoms with Crippen LogP contribution in [0.2, 0.25) is 0 Å². The first-order valence-electron chi connectivity index (χ1n) is 8.01. The van der Waals surface area contributed by atoms with Gasteiger partial charge in [0.15, 0.2) is 17.3 Å². The summed E-state index contributed by atoms with van der Waals surface area (Å²) in [5.74, 6) is 0.190. The standard InChI is InChI=1S/C20H20BrFO3/c1-25-20-12-14(6-11-19(20)24)4-2-3-5-17(23)9-7-15-13-16(21)8-10-18(15)22/h6-13,24H,2-5H2,1H3/b9-7+. The number of allylic oxidation sites excluding steroid dienone is 1. The molecule has 2 rings (SSSR count). The number of hydrogen-bond acceptors (Lipinski definition) is 3. The van der Waals surface area contributed by atoms with E-state index in [9.17, 15) is 14.3 Å². The maximum atomic E-state index is 13.6. The molecule has 0 heterocycles. The number of aromatic hydroxyl groups is 1. The van der Waals surface area contributed by atoms with Crippen LogP contribution in [0.25, 0.3) is 6.08 Å².